The Balaban J connectivity index is 2.08. The lowest BCUT2D eigenvalue weighted by Crippen LogP contribution is -2.49. The molecule has 0 saturated carbocycles. The smallest absolute Gasteiger partial charge is 0.129 e. The molecule has 0 unspecified atom stereocenters. The minimum atomic E-state index is -0.879. The second-order valence-electron chi connectivity index (χ2n) is 6.06. The lowest BCUT2D eigenvalue weighted by atomic mass is 10.1. The van der Waals surface area contributed by atoms with Crippen molar-refractivity contribution in [2.75, 3.05) is 31.1 Å². The van der Waals surface area contributed by atoms with Crippen molar-refractivity contribution in [2.24, 2.45) is 0 Å². The molecule has 2 heterocycles. The maximum Gasteiger partial charge on any atom is 0.129 e. The highest BCUT2D eigenvalue weighted by Gasteiger charge is 2.22. The number of nitrogens with zero attached hydrogens (tertiary/aromatic N) is 3. The number of aliphatic hydroxyl groups is 1. The molecule has 0 radical (unpaired) electrons. The first kappa shape index (κ1) is 14.3. The van der Waals surface area contributed by atoms with E-state index in [4.69, 9.17) is 0 Å². The van der Waals surface area contributed by atoms with Gasteiger partial charge in [-0.2, -0.15) is 0 Å². The van der Waals surface area contributed by atoms with Gasteiger partial charge in [0.2, 0.25) is 0 Å². The van der Waals surface area contributed by atoms with Crippen LogP contribution >= 0.6 is 0 Å². The summed E-state index contributed by atoms with van der Waals surface area (Å²) in [6.07, 6.45) is 0. The maximum absolute atomic E-state index is 10.0. The molecule has 1 aromatic heterocycles. The Morgan fingerprint density at radius 3 is 2.32 bits per heavy atom. The molecule has 106 valence electrons. The van der Waals surface area contributed by atoms with E-state index >= 15 is 0 Å². The monoisotopic (exact) mass is 263 g/mol. The highest BCUT2D eigenvalue weighted by Crippen LogP contribution is 2.21. The molecule has 0 amide bonds. The Bertz CT molecular complexity index is 418. The van der Waals surface area contributed by atoms with Crippen LogP contribution in [0.4, 0.5) is 5.82 Å². The van der Waals surface area contributed by atoms with Crippen molar-refractivity contribution in [1.82, 2.24) is 9.88 Å². The van der Waals surface area contributed by atoms with Crippen LogP contribution in [0.2, 0.25) is 0 Å². The summed E-state index contributed by atoms with van der Waals surface area (Å²) in [5.41, 5.74) is -0.147. The van der Waals surface area contributed by atoms with Crippen LogP contribution in [-0.4, -0.2) is 47.2 Å². The van der Waals surface area contributed by atoms with Gasteiger partial charge in [-0.1, -0.05) is 6.07 Å². The standard InChI is InChI=1S/C15H25N3O/c1-12(2)17-8-10-18(11-9-17)14-7-5-6-13(16-14)15(3,4)19/h5-7,12,19H,8-11H2,1-4H3. The van der Waals surface area contributed by atoms with Crippen LogP contribution in [0.1, 0.15) is 33.4 Å². The van der Waals surface area contributed by atoms with Gasteiger partial charge in [0.1, 0.15) is 11.4 Å². The fraction of sp³-hybridized carbons (Fsp3) is 0.667. The Morgan fingerprint density at radius 1 is 1.16 bits per heavy atom. The number of hydrogen-bond acceptors (Lipinski definition) is 4. The first-order valence-corrected chi connectivity index (χ1v) is 7.07. The highest BCUT2D eigenvalue weighted by atomic mass is 16.3. The van der Waals surface area contributed by atoms with E-state index in [0.29, 0.717) is 6.04 Å². The van der Waals surface area contributed by atoms with Gasteiger partial charge in [-0.3, -0.25) is 4.90 Å². The van der Waals surface area contributed by atoms with E-state index in [-0.39, 0.29) is 0 Å². The van der Waals surface area contributed by atoms with E-state index in [1.807, 2.05) is 18.2 Å². The molecule has 1 aromatic rings. The molecule has 1 fully saturated rings. The third-order valence-corrected chi connectivity index (χ3v) is 3.73. The Labute approximate surface area is 116 Å². The molecule has 1 aliphatic rings. The van der Waals surface area contributed by atoms with Crippen LogP contribution in [0.3, 0.4) is 0 Å². The summed E-state index contributed by atoms with van der Waals surface area (Å²) >= 11 is 0. The number of pyridine rings is 1. The summed E-state index contributed by atoms with van der Waals surface area (Å²) in [5, 5.41) is 10.0. The molecule has 0 aromatic carbocycles. The molecule has 1 saturated heterocycles. The van der Waals surface area contributed by atoms with Gasteiger partial charge in [0, 0.05) is 32.2 Å². The van der Waals surface area contributed by atoms with Crippen molar-refractivity contribution >= 4 is 5.82 Å². The molecule has 0 atom stereocenters. The molecule has 1 aliphatic heterocycles. The fourth-order valence-corrected chi connectivity index (χ4v) is 2.41. The van der Waals surface area contributed by atoms with E-state index in [0.717, 1.165) is 37.7 Å². The molecule has 19 heavy (non-hydrogen) atoms. The first-order valence-electron chi connectivity index (χ1n) is 7.07. The number of anilines is 1. The van der Waals surface area contributed by atoms with Crippen molar-refractivity contribution in [1.29, 1.82) is 0 Å². The van der Waals surface area contributed by atoms with Gasteiger partial charge in [0.15, 0.2) is 0 Å². The molecule has 0 bridgehead atoms. The van der Waals surface area contributed by atoms with Crippen LogP contribution in [0.5, 0.6) is 0 Å². The van der Waals surface area contributed by atoms with Crippen molar-refractivity contribution in [3.63, 3.8) is 0 Å². The van der Waals surface area contributed by atoms with Gasteiger partial charge >= 0.3 is 0 Å². The van der Waals surface area contributed by atoms with Gasteiger partial charge in [0.25, 0.3) is 0 Å². The van der Waals surface area contributed by atoms with Crippen LogP contribution in [0.25, 0.3) is 0 Å². The average Bonchev–Trinajstić information content (AvgIpc) is 2.38. The fourth-order valence-electron chi connectivity index (χ4n) is 2.41. The van der Waals surface area contributed by atoms with E-state index in [9.17, 15) is 5.11 Å². The quantitative estimate of drug-likeness (QED) is 0.903. The SMILES string of the molecule is CC(C)N1CCN(c2cccc(C(C)(C)O)n2)CC1. The third-order valence-electron chi connectivity index (χ3n) is 3.73. The summed E-state index contributed by atoms with van der Waals surface area (Å²) in [5.74, 6) is 0.975. The second-order valence-corrected chi connectivity index (χ2v) is 6.06. The predicted octanol–water partition coefficient (Wildman–Crippen LogP) is 1.84. The lowest BCUT2D eigenvalue weighted by Gasteiger charge is -2.37. The second kappa shape index (κ2) is 5.47. The maximum atomic E-state index is 10.0. The molecular formula is C15H25N3O. The molecule has 0 spiro atoms. The summed E-state index contributed by atoms with van der Waals surface area (Å²) in [4.78, 5) is 9.38. The molecular weight excluding hydrogens is 238 g/mol. The predicted molar refractivity (Wildman–Crippen MR) is 78.4 cm³/mol. The Kier molecular flexibility index (Phi) is 4.11. The van der Waals surface area contributed by atoms with Crippen molar-refractivity contribution in [2.45, 2.75) is 39.3 Å². The topological polar surface area (TPSA) is 39.6 Å². The molecule has 0 aliphatic carbocycles. The van der Waals surface area contributed by atoms with E-state index in [1.54, 1.807) is 13.8 Å². The molecule has 4 heteroatoms. The van der Waals surface area contributed by atoms with Crippen molar-refractivity contribution < 1.29 is 5.11 Å². The van der Waals surface area contributed by atoms with Gasteiger partial charge in [0.05, 0.1) is 5.69 Å². The number of hydrogen-bond donors (Lipinski definition) is 1. The number of rotatable bonds is 3. The van der Waals surface area contributed by atoms with Crippen LogP contribution in [0, 0.1) is 0 Å². The summed E-state index contributed by atoms with van der Waals surface area (Å²) < 4.78 is 0. The van der Waals surface area contributed by atoms with Gasteiger partial charge < -0.3 is 10.0 Å². The number of piperazine rings is 1. The molecule has 1 N–H and O–H groups in total. The van der Waals surface area contributed by atoms with Gasteiger partial charge in [-0.15, -0.1) is 0 Å². The zero-order valence-corrected chi connectivity index (χ0v) is 12.4. The van der Waals surface area contributed by atoms with E-state index < -0.39 is 5.60 Å². The van der Waals surface area contributed by atoms with Crippen LogP contribution in [0.15, 0.2) is 18.2 Å². The summed E-state index contributed by atoms with van der Waals surface area (Å²) in [6.45, 7) is 12.2. The normalized spacial score (nSPS) is 18.1. The van der Waals surface area contributed by atoms with Crippen molar-refractivity contribution in [3.05, 3.63) is 23.9 Å². The third kappa shape index (κ3) is 3.45. The molecule has 2 rings (SSSR count). The zero-order chi connectivity index (χ0) is 14.0. The van der Waals surface area contributed by atoms with Gasteiger partial charge in [-0.05, 0) is 39.8 Å². The minimum absolute atomic E-state index is 0.609. The first-order chi connectivity index (χ1) is 8.88. The summed E-state index contributed by atoms with van der Waals surface area (Å²) in [7, 11) is 0. The van der Waals surface area contributed by atoms with Crippen LogP contribution < -0.4 is 4.90 Å². The lowest BCUT2D eigenvalue weighted by molar-refractivity contribution is 0.0739. The largest absolute Gasteiger partial charge is 0.384 e. The van der Waals surface area contributed by atoms with E-state index in [1.165, 1.54) is 0 Å². The Hall–Kier alpha value is -1.13. The highest BCUT2D eigenvalue weighted by molar-refractivity contribution is 5.40. The molecule has 4 nitrogen and oxygen atoms in total. The van der Waals surface area contributed by atoms with Gasteiger partial charge in [-0.25, -0.2) is 4.98 Å². The number of aromatic nitrogens is 1. The van der Waals surface area contributed by atoms with Crippen molar-refractivity contribution in [3.8, 4) is 0 Å². The van der Waals surface area contributed by atoms with Crippen LogP contribution in [-0.2, 0) is 5.60 Å². The zero-order valence-electron chi connectivity index (χ0n) is 12.4. The summed E-state index contributed by atoms with van der Waals surface area (Å²) in [6, 6.07) is 6.50. The Morgan fingerprint density at radius 2 is 1.79 bits per heavy atom. The van der Waals surface area contributed by atoms with E-state index in [2.05, 4.69) is 28.6 Å². The minimum Gasteiger partial charge on any atom is -0.384 e. The average molecular weight is 263 g/mol.